The monoisotopic (exact) mass is 426 g/mol. The van der Waals surface area contributed by atoms with E-state index in [0.29, 0.717) is 4.75 Å². The first-order valence-electron chi connectivity index (χ1n) is 10.6. The predicted molar refractivity (Wildman–Crippen MR) is 121 cm³/mol. The molecule has 28 heavy (non-hydrogen) atoms. The second kappa shape index (κ2) is 9.70. The van der Waals surface area contributed by atoms with Crippen LogP contribution in [-0.2, 0) is 22.1 Å². The van der Waals surface area contributed by atoms with Crippen LogP contribution in [0.1, 0.15) is 52.0 Å². The molecular formula is C23H37ClNO2S+. The van der Waals surface area contributed by atoms with Crippen LogP contribution in [0.5, 0.6) is 0 Å². The van der Waals surface area contributed by atoms with Gasteiger partial charge in [0.1, 0.15) is 11.0 Å². The lowest BCUT2D eigenvalue weighted by Gasteiger charge is -2.37. The Bertz CT molecular complexity index is 610. The maximum atomic E-state index is 10.6. The van der Waals surface area contributed by atoms with E-state index in [-0.39, 0.29) is 29.1 Å². The highest BCUT2D eigenvalue weighted by atomic mass is 35.5. The minimum atomic E-state index is -0.244. The fraction of sp³-hybridized carbons (Fsp3) is 0.739. The normalized spacial score (nSPS) is 28.6. The van der Waals surface area contributed by atoms with Gasteiger partial charge in [0.2, 0.25) is 5.94 Å². The average molecular weight is 427 g/mol. The van der Waals surface area contributed by atoms with Crippen LogP contribution in [0, 0.1) is 5.92 Å². The van der Waals surface area contributed by atoms with Crippen LogP contribution < -0.4 is 0 Å². The van der Waals surface area contributed by atoms with Gasteiger partial charge in [0.05, 0.1) is 12.2 Å². The molecule has 1 heterocycles. The Kier molecular flexibility index (Phi) is 7.77. The molecular weight excluding hydrogens is 390 g/mol. The summed E-state index contributed by atoms with van der Waals surface area (Å²) in [4.78, 5) is 2.52. The molecule has 1 N–H and O–H groups in total. The van der Waals surface area contributed by atoms with Gasteiger partial charge in [0.25, 0.3) is 0 Å². The molecule has 1 aliphatic heterocycles. The Labute approximate surface area is 179 Å². The number of hydrogen-bond acceptors (Lipinski definition) is 3. The molecule has 3 nitrogen and oxygen atoms in total. The van der Waals surface area contributed by atoms with Crippen molar-refractivity contribution in [1.29, 1.82) is 0 Å². The lowest BCUT2D eigenvalue weighted by Crippen LogP contribution is -2.45. The van der Waals surface area contributed by atoms with Gasteiger partial charge in [0.15, 0.2) is 0 Å². The van der Waals surface area contributed by atoms with E-state index in [1.165, 1.54) is 18.4 Å². The van der Waals surface area contributed by atoms with E-state index in [1.54, 1.807) is 0 Å². The minimum absolute atomic E-state index is 0.212. The zero-order valence-corrected chi connectivity index (χ0v) is 19.4. The Balaban J connectivity index is 1.43. The molecule has 2 fully saturated rings. The first kappa shape index (κ1) is 22.4. The van der Waals surface area contributed by atoms with Crippen molar-refractivity contribution in [3.8, 4) is 0 Å². The van der Waals surface area contributed by atoms with Crippen LogP contribution in [0.2, 0.25) is 5.02 Å². The number of rotatable bonds is 6. The van der Waals surface area contributed by atoms with Crippen LogP contribution in [0.25, 0.3) is 0 Å². The lowest BCUT2D eigenvalue weighted by atomic mass is 9.89. The Morgan fingerprint density at radius 2 is 1.79 bits per heavy atom. The summed E-state index contributed by atoms with van der Waals surface area (Å²) in [5.74, 6) is 1.55. The van der Waals surface area contributed by atoms with E-state index in [4.69, 9.17) is 16.3 Å². The van der Waals surface area contributed by atoms with Crippen molar-refractivity contribution >= 4 is 22.5 Å². The van der Waals surface area contributed by atoms with Crippen molar-refractivity contribution < 1.29 is 9.84 Å². The van der Waals surface area contributed by atoms with Crippen LogP contribution >= 0.6 is 11.6 Å². The van der Waals surface area contributed by atoms with Crippen molar-refractivity contribution in [2.24, 2.45) is 5.92 Å². The molecule has 1 saturated heterocycles. The molecule has 1 aromatic carbocycles. The molecule has 1 saturated carbocycles. The summed E-state index contributed by atoms with van der Waals surface area (Å²) in [6, 6.07) is 8.55. The largest absolute Gasteiger partial charge is 0.391 e. The van der Waals surface area contributed by atoms with Crippen LogP contribution in [0.4, 0.5) is 0 Å². The van der Waals surface area contributed by atoms with Gasteiger partial charge in [-0.2, -0.15) is 0 Å². The second-order valence-corrected chi connectivity index (χ2v) is 12.7. The highest BCUT2D eigenvalue weighted by Gasteiger charge is 2.40. The number of benzene rings is 1. The molecule has 0 aromatic heterocycles. The summed E-state index contributed by atoms with van der Waals surface area (Å²) in [6.07, 6.45) is 7.57. The second-order valence-electron chi connectivity index (χ2n) is 9.57. The lowest BCUT2D eigenvalue weighted by molar-refractivity contribution is 0.0482. The maximum Gasteiger partial charge on any atom is 0.208 e. The topological polar surface area (TPSA) is 32.7 Å². The third kappa shape index (κ3) is 6.12. The van der Waals surface area contributed by atoms with Gasteiger partial charge in [-0.1, -0.05) is 23.7 Å². The standard InChI is InChI=1S/C23H37ClNO2S/c1-23(2,3)28(4)16-27-20-14-21(22(26)15-20)25-11-9-18(10-12-25)13-17-5-7-19(24)8-6-17/h5-8,18,20-22,26H,9-16H2,1-4H3/q+1/t20-,21?,22-,28?/m1/s1. The van der Waals surface area contributed by atoms with Crippen LogP contribution in [0.3, 0.4) is 0 Å². The van der Waals surface area contributed by atoms with E-state index in [2.05, 4.69) is 44.1 Å². The first-order chi connectivity index (χ1) is 13.2. The zero-order valence-electron chi connectivity index (χ0n) is 17.9. The van der Waals surface area contributed by atoms with E-state index >= 15 is 0 Å². The summed E-state index contributed by atoms with van der Waals surface area (Å²) < 4.78 is 6.50. The number of likely N-dealkylation sites (tertiary alicyclic amines) is 1. The molecule has 0 radical (unpaired) electrons. The molecule has 5 heteroatoms. The Morgan fingerprint density at radius 1 is 1.14 bits per heavy atom. The predicted octanol–water partition coefficient (Wildman–Crippen LogP) is 4.51. The Morgan fingerprint density at radius 3 is 2.39 bits per heavy atom. The zero-order chi connectivity index (χ0) is 20.3. The van der Waals surface area contributed by atoms with E-state index in [9.17, 15) is 5.11 Å². The molecule has 4 atom stereocenters. The Hall–Kier alpha value is -0.260. The first-order valence-corrected chi connectivity index (χ1v) is 12.8. The molecule has 2 unspecified atom stereocenters. The van der Waals surface area contributed by atoms with Gasteiger partial charge in [-0.3, -0.25) is 4.90 Å². The number of nitrogens with zero attached hydrogens (tertiary/aromatic N) is 1. The van der Waals surface area contributed by atoms with Gasteiger partial charge in [0, 0.05) is 28.4 Å². The van der Waals surface area contributed by atoms with E-state index in [1.807, 2.05) is 12.1 Å². The molecule has 1 aliphatic carbocycles. The third-order valence-corrected chi connectivity index (χ3v) is 9.37. The molecule has 0 spiro atoms. The molecule has 2 aliphatic rings. The fourth-order valence-corrected chi connectivity index (χ4v) is 5.17. The number of hydrogen-bond donors (Lipinski definition) is 1. The van der Waals surface area contributed by atoms with Gasteiger partial charge in [-0.05, 0) is 83.2 Å². The summed E-state index contributed by atoms with van der Waals surface area (Å²) in [7, 11) is 0.238. The number of piperidine rings is 1. The summed E-state index contributed by atoms with van der Waals surface area (Å²) in [6.45, 7) is 9.01. The van der Waals surface area contributed by atoms with E-state index < -0.39 is 0 Å². The average Bonchev–Trinajstić information content (AvgIpc) is 3.02. The highest BCUT2D eigenvalue weighted by molar-refractivity contribution is 7.97. The number of halogens is 1. The van der Waals surface area contributed by atoms with Gasteiger partial charge in [-0.25, -0.2) is 0 Å². The molecule has 0 amide bonds. The number of aliphatic hydroxyl groups excluding tert-OH is 1. The molecule has 158 valence electrons. The van der Waals surface area contributed by atoms with Gasteiger partial charge < -0.3 is 9.84 Å². The van der Waals surface area contributed by atoms with Crippen molar-refractivity contribution in [2.75, 3.05) is 25.3 Å². The summed E-state index contributed by atoms with van der Waals surface area (Å²) in [5, 5.41) is 11.4. The fourth-order valence-electron chi connectivity index (χ4n) is 4.30. The summed E-state index contributed by atoms with van der Waals surface area (Å²) >= 11 is 5.99. The van der Waals surface area contributed by atoms with Gasteiger partial charge >= 0.3 is 0 Å². The molecule has 0 bridgehead atoms. The summed E-state index contributed by atoms with van der Waals surface area (Å²) in [5.41, 5.74) is 1.38. The number of aliphatic hydroxyl groups is 1. The molecule has 1 aromatic rings. The highest BCUT2D eigenvalue weighted by Crippen LogP contribution is 2.32. The third-order valence-electron chi connectivity index (χ3n) is 6.53. The minimum Gasteiger partial charge on any atom is -0.391 e. The number of ether oxygens (including phenoxy) is 1. The molecule has 3 rings (SSSR count). The van der Waals surface area contributed by atoms with Crippen molar-refractivity contribution in [2.45, 2.75) is 75.9 Å². The van der Waals surface area contributed by atoms with Crippen molar-refractivity contribution in [3.05, 3.63) is 34.9 Å². The SMILES string of the molecule is C[S+](CO[C@@H]1CC(N2CCC(Cc3ccc(Cl)cc3)CC2)[C@H](O)C1)C(C)(C)C. The van der Waals surface area contributed by atoms with Crippen LogP contribution in [0.15, 0.2) is 24.3 Å². The smallest absolute Gasteiger partial charge is 0.208 e. The maximum absolute atomic E-state index is 10.6. The van der Waals surface area contributed by atoms with E-state index in [0.717, 1.165) is 49.2 Å². The quantitative estimate of drug-likeness (QED) is 0.679. The van der Waals surface area contributed by atoms with Crippen molar-refractivity contribution in [3.63, 3.8) is 0 Å². The van der Waals surface area contributed by atoms with Crippen LogP contribution in [-0.4, -0.2) is 58.3 Å². The van der Waals surface area contributed by atoms with Crippen molar-refractivity contribution in [1.82, 2.24) is 4.90 Å². The van der Waals surface area contributed by atoms with Gasteiger partial charge in [-0.15, -0.1) is 0 Å².